The number of ketones is 1. The number of carbonyl (C=O) groups excluding carboxylic acids is 1. The van der Waals surface area contributed by atoms with E-state index in [0.717, 1.165) is 11.4 Å². The monoisotopic (exact) mass is 338 g/mol. The highest BCUT2D eigenvalue weighted by molar-refractivity contribution is 9.19. The molecule has 2 aromatic rings. The highest BCUT2D eigenvalue weighted by Gasteiger charge is 2.12. The maximum absolute atomic E-state index is 11.9. The number of hydrazone groups is 1. The predicted octanol–water partition coefficient (Wildman–Crippen LogP) is 3.76. The highest BCUT2D eigenvalue weighted by atomic mass is 79.9. The number of nitrogens with zero attached hydrogens (tertiary/aromatic N) is 1. The largest absolute Gasteiger partial charge is 0.497 e. The first kappa shape index (κ1) is 13.8. The Bertz CT molecular complexity index is 579. The van der Waals surface area contributed by atoms with E-state index in [2.05, 4.69) is 26.5 Å². The molecule has 19 heavy (non-hydrogen) atoms. The molecule has 0 aliphatic heterocycles. The van der Waals surface area contributed by atoms with E-state index in [-0.39, 0.29) is 10.4 Å². The van der Waals surface area contributed by atoms with Crippen LogP contribution in [0.1, 0.15) is 9.67 Å². The van der Waals surface area contributed by atoms with Gasteiger partial charge in [0.1, 0.15) is 5.75 Å². The number of methoxy groups -OCH3 is 1. The lowest BCUT2D eigenvalue weighted by Crippen LogP contribution is -2.07. The van der Waals surface area contributed by atoms with Gasteiger partial charge in [-0.15, -0.1) is 11.3 Å². The fourth-order valence-electron chi connectivity index (χ4n) is 1.34. The van der Waals surface area contributed by atoms with Crippen LogP contribution in [0.3, 0.4) is 0 Å². The summed E-state index contributed by atoms with van der Waals surface area (Å²) in [6, 6.07) is 10.8. The molecule has 0 fully saturated rings. The molecule has 6 heteroatoms. The standard InChI is InChI=1S/C13H11BrN2O2S/c1-18-10-6-4-9(5-7-10)15-16-13(14)12(17)11-3-2-8-19-11/h2-8,15H,1H3/b16-13-. The lowest BCUT2D eigenvalue weighted by molar-refractivity contribution is 0.107. The van der Waals surface area contributed by atoms with Crippen molar-refractivity contribution in [2.75, 3.05) is 12.5 Å². The fraction of sp³-hybridized carbons (Fsp3) is 0.0769. The number of thiophene rings is 1. The minimum atomic E-state index is -0.143. The second-order valence-electron chi connectivity index (χ2n) is 3.55. The van der Waals surface area contributed by atoms with Crippen molar-refractivity contribution in [3.8, 4) is 5.75 Å². The Hall–Kier alpha value is -1.66. The molecule has 0 saturated heterocycles. The Morgan fingerprint density at radius 2 is 2.05 bits per heavy atom. The van der Waals surface area contributed by atoms with Crippen molar-refractivity contribution in [3.63, 3.8) is 0 Å². The average molecular weight is 339 g/mol. The van der Waals surface area contributed by atoms with Crippen molar-refractivity contribution in [2.24, 2.45) is 5.10 Å². The highest BCUT2D eigenvalue weighted by Crippen LogP contribution is 2.16. The second kappa shape index (κ2) is 6.49. The van der Waals surface area contributed by atoms with Crippen LogP contribution in [0.4, 0.5) is 5.69 Å². The third-order valence-electron chi connectivity index (χ3n) is 2.31. The first-order valence-corrected chi connectivity index (χ1v) is 7.09. The van der Waals surface area contributed by atoms with Gasteiger partial charge in [0.15, 0.2) is 4.62 Å². The van der Waals surface area contributed by atoms with Gasteiger partial charge in [0.05, 0.1) is 17.7 Å². The summed E-state index contributed by atoms with van der Waals surface area (Å²) in [5, 5.41) is 5.86. The molecular formula is C13H11BrN2O2S. The Labute approximate surface area is 123 Å². The molecule has 1 heterocycles. The average Bonchev–Trinajstić information content (AvgIpc) is 2.98. The van der Waals surface area contributed by atoms with E-state index in [4.69, 9.17) is 4.74 Å². The molecule has 4 nitrogen and oxygen atoms in total. The van der Waals surface area contributed by atoms with Crippen molar-refractivity contribution in [1.82, 2.24) is 0 Å². The quantitative estimate of drug-likeness (QED) is 0.513. The number of anilines is 1. The maximum atomic E-state index is 11.9. The number of ether oxygens (including phenoxy) is 1. The van der Waals surface area contributed by atoms with Crippen LogP contribution in [-0.2, 0) is 0 Å². The normalized spacial score (nSPS) is 11.2. The summed E-state index contributed by atoms with van der Waals surface area (Å²) >= 11 is 4.55. The van der Waals surface area contributed by atoms with E-state index in [9.17, 15) is 4.79 Å². The van der Waals surface area contributed by atoms with Crippen molar-refractivity contribution in [2.45, 2.75) is 0 Å². The molecule has 0 amide bonds. The Kier molecular flexibility index (Phi) is 4.70. The van der Waals surface area contributed by atoms with E-state index in [1.165, 1.54) is 11.3 Å². The molecule has 0 unspecified atom stereocenters. The molecule has 0 aliphatic carbocycles. The Morgan fingerprint density at radius 1 is 1.32 bits per heavy atom. The van der Waals surface area contributed by atoms with Crippen LogP contribution < -0.4 is 10.2 Å². The fourth-order valence-corrected chi connectivity index (χ4v) is 2.44. The smallest absolute Gasteiger partial charge is 0.230 e. The van der Waals surface area contributed by atoms with Crippen LogP contribution in [0.2, 0.25) is 0 Å². The molecule has 0 saturated carbocycles. The lowest BCUT2D eigenvalue weighted by atomic mass is 10.3. The molecule has 0 atom stereocenters. The predicted molar refractivity (Wildman–Crippen MR) is 81.6 cm³/mol. The molecule has 0 bridgehead atoms. The van der Waals surface area contributed by atoms with E-state index in [1.54, 1.807) is 13.2 Å². The van der Waals surface area contributed by atoms with Crippen molar-refractivity contribution < 1.29 is 9.53 Å². The topological polar surface area (TPSA) is 50.7 Å². The minimum Gasteiger partial charge on any atom is -0.497 e. The summed E-state index contributed by atoms with van der Waals surface area (Å²) < 4.78 is 5.30. The third-order valence-corrected chi connectivity index (χ3v) is 3.71. The van der Waals surface area contributed by atoms with Gasteiger partial charge in [-0.1, -0.05) is 6.07 Å². The summed E-state index contributed by atoms with van der Waals surface area (Å²) in [5.74, 6) is 0.624. The molecular weight excluding hydrogens is 328 g/mol. The summed E-state index contributed by atoms with van der Waals surface area (Å²) in [7, 11) is 1.61. The van der Waals surface area contributed by atoms with E-state index in [1.807, 2.05) is 35.7 Å². The van der Waals surface area contributed by atoms with Gasteiger partial charge in [-0.3, -0.25) is 10.2 Å². The molecule has 0 radical (unpaired) electrons. The summed E-state index contributed by atoms with van der Waals surface area (Å²) in [4.78, 5) is 12.5. The van der Waals surface area contributed by atoms with Gasteiger partial charge in [-0.25, -0.2) is 0 Å². The molecule has 98 valence electrons. The number of carbonyl (C=O) groups is 1. The second-order valence-corrected chi connectivity index (χ2v) is 5.25. The van der Waals surface area contributed by atoms with Crippen LogP contribution in [-0.4, -0.2) is 17.5 Å². The van der Waals surface area contributed by atoms with Gasteiger partial charge >= 0.3 is 0 Å². The van der Waals surface area contributed by atoms with Crippen molar-refractivity contribution >= 4 is 43.4 Å². The number of Topliss-reactive ketones (excluding diaryl/α,β-unsaturated/α-hetero) is 1. The van der Waals surface area contributed by atoms with E-state index >= 15 is 0 Å². The molecule has 0 spiro atoms. The number of halogens is 1. The lowest BCUT2D eigenvalue weighted by Gasteiger charge is -2.03. The van der Waals surface area contributed by atoms with Gasteiger partial charge in [0, 0.05) is 0 Å². The maximum Gasteiger partial charge on any atom is 0.230 e. The summed E-state index contributed by atoms with van der Waals surface area (Å²) in [6.07, 6.45) is 0. The zero-order chi connectivity index (χ0) is 13.7. The first-order chi connectivity index (χ1) is 9.20. The Morgan fingerprint density at radius 3 is 2.63 bits per heavy atom. The summed E-state index contributed by atoms with van der Waals surface area (Å²) in [6.45, 7) is 0. The zero-order valence-corrected chi connectivity index (χ0v) is 12.5. The zero-order valence-electron chi connectivity index (χ0n) is 10.1. The number of hydrogen-bond acceptors (Lipinski definition) is 5. The molecule has 2 rings (SSSR count). The number of benzene rings is 1. The molecule has 1 aromatic heterocycles. The van der Waals surface area contributed by atoms with Crippen LogP contribution in [0.25, 0.3) is 0 Å². The van der Waals surface area contributed by atoms with Gasteiger partial charge in [-0.2, -0.15) is 5.10 Å². The van der Waals surface area contributed by atoms with Gasteiger partial charge in [0.2, 0.25) is 5.78 Å². The summed E-state index contributed by atoms with van der Waals surface area (Å²) in [5.41, 5.74) is 3.58. The van der Waals surface area contributed by atoms with Gasteiger partial charge < -0.3 is 4.74 Å². The van der Waals surface area contributed by atoms with Gasteiger partial charge in [-0.05, 0) is 51.6 Å². The molecule has 0 aliphatic rings. The number of nitrogens with one attached hydrogen (secondary N) is 1. The molecule has 1 N–H and O–H groups in total. The minimum absolute atomic E-state index is 0.143. The van der Waals surface area contributed by atoms with Crippen LogP contribution >= 0.6 is 27.3 Å². The first-order valence-electron chi connectivity index (χ1n) is 5.42. The molecule has 1 aromatic carbocycles. The van der Waals surface area contributed by atoms with Crippen molar-refractivity contribution in [1.29, 1.82) is 0 Å². The van der Waals surface area contributed by atoms with Crippen molar-refractivity contribution in [3.05, 3.63) is 46.7 Å². The Balaban J connectivity index is 2.03. The number of hydrogen-bond donors (Lipinski definition) is 1. The van der Waals surface area contributed by atoms with E-state index < -0.39 is 0 Å². The number of rotatable bonds is 5. The SMILES string of the molecule is COc1ccc(N/N=C(\Br)C(=O)c2cccs2)cc1. The van der Waals surface area contributed by atoms with E-state index in [0.29, 0.717) is 4.88 Å². The third kappa shape index (κ3) is 3.65. The van der Waals surface area contributed by atoms with Crippen LogP contribution in [0.15, 0.2) is 46.9 Å². The van der Waals surface area contributed by atoms with Gasteiger partial charge in [0.25, 0.3) is 0 Å². The van der Waals surface area contributed by atoms with Crippen LogP contribution in [0.5, 0.6) is 5.75 Å². The van der Waals surface area contributed by atoms with Crippen LogP contribution in [0, 0.1) is 0 Å².